The minimum Gasteiger partial charge on any atom is -0.490 e. The predicted molar refractivity (Wildman–Crippen MR) is 76.4 cm³/mol. The van der Waals surface area contributed by atoms with Gasteiger partial charge in [-0.05, 0) is 43.5 Å². The SMILES string of the molecule is CCOc1cc(C=O)ccc1OC(C)c1cccs1. The lowest BCUT2D eigenvalue weighted by Crippen LogP contribution is -2.03. The van der Waals surface area contributed by atoms with Crippen molar-refractivity contribution >= 4 is 17.6 Å². The van der Waals surface area contributed by atoms with Gasteiger partial charge in [0.05, 0.1) is 6.61 Å². The van der Waals surface area contributed by atoms with Crippen molar-refractivity contribution < 1.29 is 14.3 Å². The number of carbonyl (C=O) groups is 1. The average Bonchev–Trinajstić information content (AvgIpc) is 2.95. The molecule has 1 heterocycles. The monoisotopic (exact) mass is 276 g/mol. The Labute approximate surface area is 116 Å². The zero-order valence-corrected chi connectivity index (χ0v) is 11.8. The number of thiophene rings is 1. The minimum absolute atomic E-state index is 0.0405. The molecule has 1 aromatic carbocycles. The van der Waals surface area contributed by atoms with Crippen molar-refractivity contribution in [2.24, 2.45) is 0 Å². The van der Waals surface area contributed by atoms with Crippen molar-refractivity contribution in [1.82, 2.24) is 0 Å². The van der Waals surface area contributed by atoms with E-state index in [1.807, 2.05) is 31.4 Å². The number of rotatable bonds is 6. The number of aldehydes is 1. The van der Waals surface area contributed by atoms with Gasteiger partial charge in [0.1, 0.15) is 12.4 Å². The molecule has 0 radical (unpaired) electrons. The van der Waals surface area contributed by atoms with Gasteiger partial charge in [-0.25, -0.2) is 0 Å². The molecule has 2 rings (SSSR count). The highest BCUT2D eigenvalue weighted by atomic mass is 32.1. The first-order chi connectivity index (χ1) is 9.24. The average molecular weight is 276 g/mol. The van der Waals surface area contributed by atoms with Crippen LogP contribution in [0.4, 0.5) is 0 Å². The fourth-order valence-electron chi connectivity index (χ4n) is 1.73. The van der Waals surface area contributed by atoms with Gasteiger partial charge in [-0.15, -0.1) is 11.3 Å². The lowest BCUT2D eigenvalue weighted by atomic mass is 10.2. The van der Waals surface area contributed by atoms with E-state index in [1.165, 1.54) is 0 Å². The first-order valence-electron chi connectivity index (χ1n) is 6.16. The van der Waals surface area contributed by atoms with Gasteiger partial charge < -0.3 is 9.47 Å². The van der Waals surface area contributed by atoms with E-state index in [2.05, 4.69) is 0 Å². The maximum absolute atomic E-state index is 10.8. The van der Waals surface area contributed by atoms with Crippen molar-refractivity contribution in [3.05, 3.63) is 46.2 Å². The van der Waals surface area contributed by atoms with Crippen LogP contribution < -0.4 is 9.47 Å². The maximum atomic E-state index is 10.8. The molecule has 19 heavy (non-hydrogen) atoms. The van der Waals surface area contributed by atoms with E-state index >= 15 is 0 Å². The lowest BCUT2D eigenvalue weighted by Gasteiger charge is -2.16. The van der Waals surface area contributed by atoms with E-state index < -0.39 is 0 Å². The van der Waals surface area contributed by atoms with Crippen molar-refractivity contribution in [2.45, 2.75) is 20.0 Å². The summed E-state index contributed by atoms with van der Waals surface area (Å²) in [6.07, 6.45) is 0.760. The number of hydrogen-bond acceptors (Lipinski definition) is 4. The molecule has 0 N–H and O–H groups in total. The second kappa shape index (κ2) is 6.38. The Morgan fingerprint density at radius 1 is 1.32 bits per heavy atom. The Bertz CT molecular complexity index is 534. The summed E-state index contributed by atoms with van der Waals surface area (Å²) in [4.78, 5) is 11.9. The number of benzene rings is 1. The summed E-state index contributed by atoms with van der Waals surface area (Å²) in [5.41, 5.74) is 0.583. The standard InChI is InChI=1S/C15H16O3S/c1-3-17-14-9-12(10-16)6-7-13(14)18-11(2)15-5-4-8-19-15/h4-11H,3H2,1-2H3. The molecular weight excluding hydrogens is 260 g/mol. The highest BCUT2D eigenvalue weighted by molar-refractivity contribution is 7.10. The summed E-state index contributed by atoms with van der Waals surface area (Å²) < 4.78 is 11.4. The first kappa shape index (κ1) is 13.6. The predicted octanol–water partition coefficient (Wildman–Crippen LogP) is 4.10. The van der Waals surface area contributed by atoms with Gasteiger partial charge in [0.2, 0.25) is 0 Å². The van der Waals surface area contributed by atoms with Crippen molar-refractivity contribution in [1.29, 1.82) is 0 Å². The zero-order valence-electron chi connectivity index (χ0n) is 11.0. The Hall–Kier alpha value is -1.81. The number of ether oxygens (including phenoxy) is 2. The molecule has 3 nitrogen and oxygen atoms in total. The molecule has 1 aromatic heterocycles. The topological polar surface area (TPSA) is 35.5 Å². The smallest absolute Gasteiger partial charge is 0.162 e. The first-order valence-corrected chi connectivity index (χ1v) is 7.04. The van der Waals surface area contributed by atoms with Gasteiger partial charge in [-0.3, -0.25) is 4.79 Å². The van der Waals surface area contributed by atoms with Crippen LogP contribution in [0.15, 0.2) is 35.7 Å². The molecular formula is C15H16O3S. The Kier molecular flexibility index (Phi) is 4.58. The third kappa shape index (κ3) is 3.35. The molecule has 4 heteroatoms. The number of hydrogen-bond donors (Lipinski definition) is 0. The van der Waals surface area contributed by atoms with Crippen LogP contribution in [-0.4, -0.2) is 12.9 Å². The molecule has 0 saturated carbocycles. The van der Waals surface area contributed by atoms with Crippen LogP contribution in [0, 0.1) is 0 Å². The minimum atomic E-state index is -0.0405. The maximum Gasteiger partial charge on any atom is 0.162 e. The molecule has 0 aliphatic heterocycles. The van der Waals surface area contributed by atoms with Gasteiger partial charge in [0, 0.05) is 10.4 Å². The fraction of sp³-hybridized carbons (Fsp3) is 0.267. The highest BCUT2D eigenvalue weighted by Gasteiger charge is 2.12. The van der Waals surface area contributed by atoms with Crippen molar-refractivity contribution in [3.63, 3.8) is 0 Å². The Balaban J connectivity index is 2.21. The van der Waals surface area contributed by atoms with Crippen molar-refractivity contribution in [3.8, 4) is 11.5 Å². The van der Waals surface area contributed by atoms with Gasteiger partial charge in [-0.2, -0.15) is 0 Å². The van der Waals surface area contributed by atoms with E-state index in [1.54, 1.807) is 29.5 Å². The third-order valence-corrected chi connectivity index (χ3v) is 3.68. The summed E-state index contributed by atoms with van der Waals surface area (Å²) >= 11 is 1.66. The Morgan fingerprint density at radius 2 is 2.16 bits per heavy atom. The second-order valence-corrected chi connectivity index (χ2v) is 5.01. The number of carbonyl (C=O) groups excluding carboxylic acids is 1. The van der Waals surface area contributed by atoms with Crippen LogP contribution in [0.2, 0.25) is 0 Å². The normalized spacial score (nSPS) is 11.9. The van der Waals surface area contributed by atoms with E-state index in [9.17, 15) is 4.79 Å². The molecule has 0 bridgehead atoms. The molecule has 0 aliphatic rings. The highest BCUT2D eigenvalue weighted by Crippen LogP contribution is 2.33. The van der Waals surface area contributed by atoms with Crippen LogP contribution in [-0.2, 0) is 0 Å². The fourth-order valence-corrected chi connectivity index (χ4v) is 2.45. The summed E-state index contributed by atoms with van der Waals surface area (Å²) in [5.74, 6) is 1.27. The third-order valence-electron chi connectivity index (χ3n) is 2.65. The summed E-state index contributed by atoms with van der Waals surface area (Å²) in [5, 5.41) is 2.02. The van der Waals surface area contributed by atoms with Gasteiger partial charge in [0.25, 0.3) is 0 Å². The quantitative estimate of drug-likeness (QED) is 0.745. The molecule has 0 saturated heterocycles. The molecule has 0 spiro atoms. The van der Waals surface area contributed by atoms with Gasteiger partial charge >= 0.3 is 0 Å². The summed E-state index contributed by atoms with van der Waals surface area (Å²) in [7, 11) is 0. The van der Waals surface area contributed by atoms with Gasteiger partial charge in [-0.1, -0.05) is 6.07 Å². The summed E-state index contributed by atoms with van der Waals surface area (Å²) in [6.45, 7) is 4.43. The molecule has 0 aliphatic carbocycles. The van der Waals surface area contributed by atoms with Crippen LogP contribution in [0.1, 0.15) is 35.2 Å². The summed E-state index contributed by atoms with van der Waals surface area (Å²) in [6, 6.07) is 9.24. The largest absolute Gasteiger partial charge is 0.490 e. The molecule has 1 atom stereocenters. The van der Waals surface area contributed by atoms with Crippen LogP contribution in [0.3, 0.4) is 0 Å². The Morgan fingerprint density at radius 3 is 2.79 bits per heavy atom. The van der Waals surface area contributed by atoms with Crippen LogP contribution >= 0.6 is 11.3 Å². The lowest BCUT2D eigenvalue weighted by molar-refractivity contribution is 0.112. The molecule has 0 amide bonds. The molecule has 2 aromatic rings. The van der Waals surface area contributed by atoms with Crippen LogP contribution in [0.5, 0.6) is 11.5 Å². The van der Waals surface area contributed by atoms with E-state index in [0.29, 0.717) is 23.7 Å². The van der Waals surface area contributed by atoms with E-state index in [4.69, 9.17) is 9.47 Å². The van der Waals surface area contributed by atoms with E-state index in [-0.39, 0.29) is 6.10 Å². The molecule has 0 fully saturated rings. The van der Waals surface area contributed by atoms with E-state index in [0.717, 1.165) is 11.2 Å². The molecule has 1 unspecified atom stereocenters. The van der Waals surface area contributed by atoms with Crippen LogP contribution in [0.25, 0.3) is 0 Å². The van der Waals surface area contributed by atoms with Gasteiger partial charge in [0.15, 0.2) is 11.5 Å². The second-order valence-electron chi connectivity index (χ2n) is 4.03. The molecule has 100 valence electrons. The zero-order chi connectivity index (χ0) is 13.7. The van der Waals surface area contributed by atoms with Crippen molar-refractivity contribution in [2.75, 3.05) is 6.61 Å².